The monoisotopic (exact) mass is 677 g/mol. The standard InChI is InChI=1S/C50H35N3/c1-4-16-38(17-5-1)51(43-30-29-37-28-27-36-15-10-11-24-45(36)47(37)34-43)41-22-14-23-42(33-41)52(39-18-6-2-7-19-39)44-31-32-50-48(35-44)46-25-12-13-26-49(46)53(50)40-20-8-3-9-21-40/h1-35H. The molecule has 0 bridgehead atoms. The molecule has 0 saturated carbocycles. The van der Waals surface area contributed by atoms with E-state index < -0.39 is 0 Å². The fourth-order valence-electron chi connectivity index (χ4n) is 7.90. The maximum atomic E-state index is 2.37. The minimum absolute atomic E-state index is 1.08. The summed E-state index contributed by atoms with van der Waals surface area (Å²) in [5.74, 6) is 0. The third-order valence-electron chi connectivity index (χ3n) is 10.3. The Morgan fingerprint density at radius 3 is 1.40 bits per heavy atom. The van der Waals surface area contributed by atoms with E-state index in [0.29, 0.717) is 0 Å². The van der Waals surface area contributed by atoms with Crippen molar-refractivity contribution in [3.8, 4) is 5.69 Å². The molecule has 10 aromatic rings. The first-order chi connectivity index (χ1) is 26.3. The highest BCUT2D eigenvalue weighted by atomic mass is 15.2. The van der Waals surface area contributed by atoms with Crippen LogP contribution in [0.25, 0.3) is 49.0 Å². The van der Waals surface area contributed by atoms with Gasteiger partial charge < -0.3 is 14.4 Å². The number of para-hydroxylation sites is 4. The lowest BCUT2D eigenvalue weighted by Gasteiger charge is -2.29. The van der Waals surface area contributed by atoms with E-state index in [1.165, 1.54) is 43.4 Å². The molecule has 3 heteroatoms. The van der Waals surface area contributed by atoms with Gasteiger partial charge >= 0.3 is 0 Å². The molecular weight excluding hydrogens is 643 g/mol. The van der Waals surface area contributed by atoms with E-state index in [9.17, 15) is 0 Å². The molecule has 0 amide bonds. The Kier molecular flexibility index (Phi) is 7.47. The Bertz CT molecular complexity index is 2900. The van der Waals surface area contributed by atoms with E-state index in [4.69, 9.17) is 0 Å². The van der Waals surface area contributed by atoms with Crippen LogP contribution in [0.3, 0.4) is 0 Å². The van der Waals surface area contributed by atoms with Gasteiger partial charge in [0.15, 0.2) is 0 Å². The van der Waals surface area contributed by atoms with Crippen molar-refractivity contribution in [1.29, 1.82) is 0 Å². The van der Waals surface area contributed by atoms with Gasteiger partial charge in [-0.15, -0.1) is 0 Å². The van der Waals surface area contributed by atoms with Gasteiger partial charge in [0.25, 0.3) is 0 Å². The van der Waals surface area contributed by atoms with Crippen molar-refractivity contribution < 1.29 is 0 Å². The maximum absolute atomic E-state index is 2.37. The van der Waals surface area contributed by atoms with Gasteiger partial charge in [0.2, 0.25) is 0 Å². The van der Waals surface area contributed by atoms with Gasteiger partial charge in [-0.2, -0.15) is 0 Å². The number of rotatable bonds is 7. The van der Waals surface area contributed by atoms with Crippen LogP contribution in [0.1, 0.15) is 0 Å². The van der Waals surface area contributed by atoms with Crippen LogP contribution in [0.4, 0.5) is 34.1 Å². The first kappa shape index (κ1) is 30.7. The Morgan fingerprint density at radius 1 is 0.264 bits per heavy atom. The predicted molar refractivity (Wildman–Crippen MR) is 225 cm³/mol. The van der Waals surface area contributed by atoms with E-state index in [1.807, 2.05) is 0 Å². The summed E-state index contributed by atoms with van der Waals surface area (Å²) in [5, 5.41) is 7.42. The van der Waals surface area contributed by atoms with Crippen molar-refractivity contribution in [3.63, 3.8) is 0 Å². The Hall–Kier alpha value is -7.10. The van der Waals surface area contributed by atoms with Crippen molar-refractivity contribution in [1.82, 2.24) is 4.57 Å². The number of hydrogen-bond donors (Lipinski definition) is 0. The van der Waals surface area contributed by atoms with Crippen molar-refractivity contribution in [3.05, 3.63) is 212 Å². The fraction of sp³-hybridized carbons (Fsp3) is 0. The minimum Gasteiger partial charge on any atom is -0.310 e. The SMILES string of the molecule is c1ccc(N(c2cccc(N(c3ccccc3)c3ccc4c(c3)c3ccccc3n4-c3ccccc3)c2)c2ccc3ccc4ccccc4c3c2)cc1. The van der Waals surface area contributed by atoms with Gasteiger partial charge in [0, 0.05) is 50.6 Å². The average Bonchev–Trinajstić information content (AvgIpc) is 3.56. The molecule has 0 spiro atoms. The summed E-state index contributed by atoms with van der Waals surface area (Å²) in [6.45, 7) is 0. The molecule has 0 aliphatic carbocycles. The van der Waals surface area contributed by atoms with E-state index >= 15 is 0 Å². The lowest BCUT2D eigenvalue weighted by molar-refractivity contribution is 1.18. The first-order valence-electron chi connectivity index (χ1n) is 18.1. The molecule has 53 heavy (non-hydrogen) atoms. The van der Waals surface area contributed by atoms with Gasteiger partial charge in [-0.1, -0.05) is 121 Å². The van der Waals surface area contributed by atoms with Gasteiger partial charge in [-0.3, -0.25) is 0 Å². The summed E-state index contributed by atoms with van der Waals surface area (Å²) >= 11 is 0. The third-order valence-corrected chi connectivity index (χ3v) is 10.3. The maximum Gasteiger partial charge on any atom is 0.0542 e. The molecule has 3 nitrogen and oxygen atoms in total. The normalized spacial score (nSPS) is 11.4. The zero-order chi connectivity index (χ0) is 35.1. The molecule has 0 atom stereocenters. The van der Waals surface area contributed by atoms with Crippen LogP contribution < -0.4 is 9.80 Å². The first-order valence-corrected chi connectivity index (χ1v) is 18.1. The minimum atomic E-state index is 1.08. The van der Waals surface area contributed by atoms with Crippen LogP contribution in [-0.4, -0.2) is 4.57 Å². The topological polar surface area (TPSA) is 11.4 Å². The number of hydrogen-bond acceptors (Lipinski definition) is 2. The lowest BCUT2D eigenvalue weighted by Crippen LogP contribution is -2.13. The predicted octanol–water partition coefficient (Wildman–Crippen LogP) is 14.0. The van der Waals surface area contributed by atoms with Gasteiger partial charge in [-0.25, -0.2) is 0 Å². The summed E-state index contributed by atoms with van der Waals surface area (Å²) in [6.07, 6.45) is 0. The molecule has 0 fully saturated rings. The van der Waals surface area contributed by atoms with Crippen LogP contribution in [0.15, 0.2) is 212 Å². The highest BCUT2D eigenvalue weighted by Crippen LogP contribution is 2.43. The molecule has 0 radical (unpaired) electrons. The summed E-state index contributed by atoms with van der Waals surface area (Å²) < 4.78 is 2.37. The number of aromatic nitrogens is 1. The summed E-state index contributed by atoms with van der Waals surface area (Å²) in [5.41, 5.74) is 10.1. The van der Waals surface area contributed by atoms with Gasteiger partial charge in [-0.05, 0) is 113 Å². The van der Waals surface area contributed by atoms with E-state index in [0.717, 1.165) is 39.8 Å². The van der Waals surface area contributed by atoms with E-state index in [1.54, 1.807) is 0 Å². The summed E-state index contributed by atoms with van der Waals surface area (Å²) in [4.78, 5) is 4.74. The Labute approximate surface area is 308 Å². The quantitative estimate of drug-likeness (QED) is 0.156. The molecule has 10 rings (SSSR count). The van der Waals surface area contributed by atoms with Crippen molar-refractivity contribution in [2.75, 3.05) is 9.80 Å². The molecule has 0 unspecified atom stereocenters. The Morgan fingerprint density at radius 2 is 0.717 bits per heavy atom. The third kappa shape index (κ3) is 5.38. The molecule has 0 aliphatic heterocycles. The largest absolute Gasteiger partial charge is 0.310 e. The number of benzene rings is 9. The molecule has 9 aromatic carbocycles. The zero-order valence-electron chi connectivity index (χ0n) is 29.0. The second-order valence-electron chi connectivity index (χ2n) is 13.4. The van der Waals surface area contributed by atoms with E-state index in [2.05, 4.69) is 227 Å². The van der Waals surface area contributed by atoms with Crippen LogP contribution >= 0.6 is 0 Å². The van der Waals surface area contributed by atoms with Crippen LogP contribution in [0, 0.1) is 0 Å². The highest BCUT2D eigenvalue weighted by molar-refractivity contribution is 6.11. The highest BCUT2D eigenvalue weighted by Gasteiger charge is 2.20. The summed E-state index contributed by atoms with van der Waals surface area (Å²) in [7, 11) is 0. The van der Waals surface area contributed by atoms with Gasteiger partial charge in [0.05, 0.1) is 11.0 Å². The van der Waals surface area contributed by atoms with Crippen LogP contribution in [0.2, 0.25) is 0 Å². The van der Waals surface area contributed by atoms with Crippen molar-refractivity contribution >= 4 is 77.5 Å². The fourth-order valence-corrected chi connectivity index (χ4v) is 7.90. The van der Waals surface area contributed by atoms with Crippen molar-refractivity contribution in [2.45, 2.75) is 0 Å². The van der Waals surface area contributed by atoms with Crippen LogP contribution in [-0.2, 0) is 0 Å². The zero-order valence-corrected chi connectivity index (χ0v) is 29.0. The second-order valence-corrected chi connectivity index (χ2v) is 13.4. The van der Waals surface area contributed by atoms with E-state index in [-0.39, 0.29) is 0 Å². The number of fused-ring (bicyclic) bond motifs is 6. The van der Waals surface area contributed by atoms with Crippen LogP contribution in [0.5, 0.6) is 0 Å². The second kappa shape index (κ2) is 12.9. The molecule has 0 N–H and O–H groups in total. The molecule has 0 saturated heterocycles. The summed E-state index contributed by atoms with van der Waals surface area (Å²) in [6, 6.07) is 76.4. The molecule has 0 aliphatic rings. The average molecular weight is 678 g/mol. The lowest BCUT2D eigenvalue weighted by atomic mass is 10.0. The smallest absolute Gasteiger partial charge is 0.0542 e. The Balaban J connectivity index is 1.15. The molecule has 250 valence electrons. The number of nitrogens with zero attached hydrogens (tertiary/aromatic N) is 3. The van der Waals surface area contributed by atoms with Crippen molar-refractivity contribution in [2.24, 2.45) is 0 Å². The van der Waals surface area contributed by atoms with Gasteiger partial charge in [0.1, 0.15) is 0 Å². The molecule has 1 heterocycles. The molecule has 1 aromatic heterocycles. The number of anilines is 6. The molecular formula is C50H35N3.